The van der Waals surface area contributed by atoms with E-state index in [-0.39, 0.29) is 13.2 Å². The molecule has 2 aromatic carbocycles. The molecule has 0 radical (unpaired) electrons. The van der Waals surface area contributed by atoms with E-state index in [0.29, 0.717) is 10.8 Å². The summed E-state index contributed by atoms with van der Waals surface area (Å²) >= 11 is 9.08. The lowest BCUT2D eigenvalue weighted by atomic mass is 10.2. The molecule has 0 unspecified atom stereocenters. The molecule has 0 bridgehead atoms. The number of hydrazone groups is 1. The molecule has 6 nitrogen and oxygen atoms in total. The fourth-order valence-corrected chi connectivity index (χ4v) is 2.07. The first-order valence-electron chi connectivity index (χ1n) is 7.25. The smallest absolute Gasteiger partial charge is 0.259 e. The Morgan fingerprint density at radius 1 is 1.08 bits per heavy atom. The van der Waals surface area contributed by atoms with E-state index >= 15 is 0 Å². The van der Waals surface area contributed by atoms with Gasteiger partial charge in [0, 0.05) is 9.50 Å². The summed E-state index contributed by atoms with van der Waals surface area (Å²) in [5.41, 5.74) is 3.17. The van der Waals surface area contributed by atoms with Gasteiger partial charge in [0.25, 0.3) is 11.8 Å². The molecule has 0 aromatic heterocycles. The van der Waals surface area contributed by atoms with Crippen LogP contribution in [0.3, 0.4) is 0 Å². The second-order valence-corrected chi connectivity index (χ2v) is 6.22. The Kier molecular flexibility index (Phi) is 7.43. The van der Waals surface area contributed by atoms with E-state index in [9.17, 15) is 9.59 Å². The van der Waals surface area contributed by atoms with Crippen LogP contribution in [0.4, 0.5) is 0 Å². The fourth-order valence-electron chi connectivity index (χ4n) is 1.68. The summed E-state index contributed by atoms with van der Waals surface area (Å²) in [4.78, 5) is 23.2. The summed E-state index contributed by atoms with van der Waals surface area (Å²) < 4.78 is 6.22. The van der Waals surface area contributed by atoms with Gasteiger partial charge in [-0.3, -0.25) is 9.59 Å². The summed E-state index contributed by atoms with van der Waals surface area (Å²) in [7, 11) is 0. The van der Waals surface area contributed by atoms with Crippen LogP contribution in [-0.4, -0.2) is 31.2 Å². The van der Waals surface area contributed by atoms with E-state index in [2.05, 4.69) is 31.8 Å². The second kappa shape index (κ2) is 9.80. The zero-order valence-electron chi connectivity index (χ0n) is 13.0. The van der Waals surface area contributed by atoms with E-state index in [4.69, 9.17) is 16.3 Å². The van der Waals surface area contributed by atoms with Crippen molar-refractivity contribution in [2.75, 3.05) is 13.2 Å². The van der Waals surface area contributed by atoms with Gasteiger partial charge in [-0.1, -0.05) is 39.7 Å². The quantitative estimate of drug-likeness (QED) is 0.530. The lowest BCUT2D eigenvalue weighted by Gasteiger charge is -2.07. The predicted molar refractivity (Wildman–Crippen MR) is 99.8 cm³/mol. The van der Waals surface area contributed by atoms with Crippen LogP contribution in [0.15, 0.2) is 58.1 Å². The van der Waals surface area contributed by atoms with Crippen LogP contribution in [0.25, 0.3) is 0 Å². The maximum Gasteiger partial charge on any atom is 0.259 e. The minimum atomic E-state index is -0.437. The summed E-state index contributed by atoms with van der Waals surface area (Å²) in [6, 6.07) is 14.0. The van der Waals surface area contributed by atoms with Crippen LogP contribution in [0.5, 0.6) is 5.75 Å². The molecule has 0 aliphatic carbocycles. The number of nitrogens with one attached hydrogen (secondary N) is 2. The Morgan fingerprint density at radius 3 is 2.44 bits per heavy atom. The lowest BCUT2D eigenvalue weighted by molar-refractivity contribution is -0.127. The number of amides is 2. The zero-order valence-corrected chi connectivity index (χ0v) is 15.4. The van der Waals surface area contributed by atoms with Crippen LogP contribution >= 0.6 is 27.5 Å². The minimum Gasteiger partial charge on any atom is -0.484 e. The first-order valence-corrected chi connectivity index (χ1v) is 8.42. The van der Waals surface area contributed by atoms with Crippen molar-refractivity contribution in [1.29, 1.82) is 0 Å². The van der Waals surface area contributed by atoms with Gasteiger partial charge in [0.2, 0.25) is 0 Å². The fraction of sp³-hybridized carbons (Fsp3) is 0.118. The van der Waals surface area contributed by atoms with Crippen molar-refractivity contribution in [2.24, 2.45) is 5.10 Å². The molecule has 0 heterocycles. The molecule has 8 heteroatoms. The molecule has 2 rings (SSSR count). The van der Waals surface area contributed by atoms with Crippen LogP contribution < -0.4 is 15.5 Å². The maximum absolute atomic E-state index is 11.6. The molecule has 25 heavy (non-hydrogen) atoms. The zero-order chi connectivity index (χ0) is 18.1. The molecule has 0 spiro atoms. The first kappa shape index (κ1) is 19.0. The average molecular weight is 425 g/mol. The first-order chi connectivity index (χ1) is 12.0. The highest BCUT2D eigenvalue weighted by Crippen LogP contribution is 2.15. The monoisotopic (exact) mass is 423 g/mol. The third-order valence-electron chi connectivity index (χ3n) is 2.90. The molecule has 0 atom stereocenters. The van der Waals surface area contributed by atoms with E-state index in [1.165, 1.54) is 6.21 Å². The highest BCUT2D eigenvalue weighted by Gasteiger charge is 2.05. The number of rotatable bonds is 7. The van der Waals surface area contributed by atoms with Crippen LogP contribution in [-0.2, 0) is 9.59 Å². The number of nitrogens with zero attached hydrogens (tertiary/aromatic N) is 1. The number of ether oxygens (including phenoxy) is 1. The normalized spacial score (nSPS) is 10.5. The Bertz CT molecular complexity index is 749. The van der Waals surface area contributed by atoms with Crippen LogP contribution in [0, 0.1) is 0 Å². The summed E-state index contributed by atoms with van der Waals surface area (Å²) in [6.07, 6.45) is 1.51. The van der Waals surface area contributed by atoms with Gasteiger partial charge in [0.15, 0.2) is 6.61 Å². The number of halogens is 2. The molecule has 2 aromatic rings. The van der Waals surface area contributed by atoms with Crippen molar-refractivity contribution in [2.45, 2.75) is 0 Å². The third kappa shape index (κ3) is 7.36. The Labute approximate surface area is 158 Å². The predicted octanol–water partition coefficient (Wildman–Crippen LogP) is 2.75. The molecule has 0 aliphatic heterocycles. The number of hydrogen-bond acceptors (Lipinski definition) is 4. The van der Waals surface area contributed by atoms with Crippen molar-refractivity contribution in [1.82, 2.24) is 10.7 Å². The topological polar surface area (TPSA) is 79.8 Å². The highest BCUT2D eigenvalue weighted by atomic mass is 79.9. The summed E-state index contributed by atoms with van der Waals surface area (Å²) in [5, 5.41) is 6.83. The Balaban J connectivity index is 1.66. The van der Waals surface area contributed by atoms with Crippen molar-refractivity contribution < 1.29 is 14.3 Å². The van der Waals surface area contributed by atoms with E-state index in [1.54, 1.807) is 24.3 Å². The van der Waals surface area contributed by atoms with Crippen molar-refractivity contribution in [3.05, 3.63) is 63.6 Å². The maximum atomic E-state index is 11.6. The standard InChI is InChI=1S/C17H15BrClN3O3/c18-13-3-1-12(2-4-13)9-21-22-16(23)10-20-17(24)11-25-15-7-5-14(19)6-8-15/h1-9H,10-11H2,(H,20,24)(H,22,23)/b21-9+. The number of carbonyl (C=O) groups is 2. The average Bonchev–Trinajstić information content (AvgIpc) is 2.61. The molecule has 0 aliphatic rings. The van der Waals surface area contributed by atoms with Gasteiger partial charge in [0.05, 0.1) is 12.8 Å². The van der Waals surface area contributed by atoms with E-state index in [0.717, 1.165) is 10.0 Å². The molecule has 2 amide bonds. The van der Waals surface area contributed by atoms with Gasteiger partial charge in [0.1, 0.15) is 5.75 Å². The molecular weight excluding hydrogens is 410 g/mol. The third-order valence-corrected chi connectivity index (χ3v) is 3.68. The molecule has 0 saturated carbocycles. The Morgan fingerprint density at radius 2 is 1.76 bits per heavy atom. The van der Waals surface area contributed by atoms with Gasteiger partial charge < -0.3 is 10.1 Å². The molecule has 0 saturated heterocycles. The number of carbonyl (C=O) groups excluding carboxylic acids is 2. The van der Waals surface area contributed by atoms with Crippen LogP contribution in [0.1, 0.15) is 5.56 Å². The summed E-state index contributed by atoms with van der Waals surface area (Å²) in [5.74, 6) is -0.335. The van der Waals surface area contributed by atoms with Gasteiger partial charge in [-0.05, 0) is 42.0 Å². The SMILES string of the molecule is O=C(COc1ccc(Cl)cc1)NCC(=O)N/N=C/c1ccc(Br)cc1. The molecule has 2 N–H and O–H groups in total. The largest absolute Gasteiger partial charge is 0.484 e. The molecule has 130 valence electrons. The van der Waals surface area contributed by atoms with Gasteiger partial charge in [-0.25, -0.2) is 5.43 Å². The number of hydrogen-bond donors (Lipinski definition) is 2. The van der Waals surface area contributed by atoms with Gasteiger partial charge in [-0.15, -0.1) is 0 Å². The van der Waals surface area contributed by atoms with Crippen molar-refractivity contribution >= 4 is 45.6 Å². The Hall–Kier alpha value is -2.38. The van der Waals surface area contributed by atoms with Crippen molar-refractivity contribution in [3.63, 3.8) is 0 Å². The number of benzene rings is 2. The second-order valence-electron chi connectivity index (χ2n) is 4.86. The summed E-state index contributed by atoms with van der Waals surface area (Å²) in [6.45, 7) is -0.391. The lowest BCUT2D eigenvalue weighted by Crippen LogP contribution is -2.37. The van der Waals surface area contributed by atoms with Gasteiger partial charge in [-0.2, -0.15) is 5.10 Å². The van der Waals surface area contributed by atoms with Crippen LogP contribution in [0.2, 0.25) is 5.02 Å². The minimum absolute atomic E-state index is 0.194. The van der Waals surface area contributed by atoms with Crippen molar-refractivity contribution in [3.8, 4) is 5.75 Å². The highest BCUT2D eigenvalue weighted by molar-refractivity contribution is 9.10. The molecular formula is C17H15BrClN3O3. The van der Waals surface area contributed by atoms with E-state index in [1.807, 2.05) is 24.3 Å². The van der Waals surface area contributed by atoms with Gasteiger partial charge >= 0.3 is 0 Å². The molecule has 0 fully saturated rings. The van der Waals surface area contributed by atoms with E-state index < -0.39 is 11.8 Å².